The molecular formula is C9H15N5O2S. The van der Waals surface area contributed by atoms with E-state index in [2.05, 4.69) is 20.3 Å². The zero-order chi connectivity index (χ0) is 13.0. The molecule has 1 heterocycles. The third kappa shape index (κ3) is 2.84. The Labute approximate surface area is 103 Å². The van der Waals surface area contributed by atoms with Crippen molar-refractivity contribution in [2.45, 2.75) is 13.0 Å². The number of nitrogens with zero attached hydrogens (tertiary/aromatic N) is 1. The predicted molar refractivity (Wildman–Crippen MR) is 67.1 cm³/mol. The Bertz CT molecular complexity index is 431. The van der Waals surface area contributed by atoms with Crippen molar-refractivity contribution in [2.24, 2.45) is 0 Å². The van der Waals surface area contributed by atoms with Crippen molar-refractivity contribution >= 4 is 34.2 Å². The number of aromatic nitrogens is 1. The Morgan fingerprint density at radius 2 is 2.00 bits per heavy atom. The molecule has 1 aromatic rings. The fourth-order valence-electron chi connectivity index (χ4n) is 1.22. The lowest BCUT2D eigenvalue weighted by atomic mass is 10.2. The van der Waals surface area contributed by atoms with Crippen molar-refractivity contribution in [3.05, 3.63) is 5.56 Å². The van der Waals surface area contributed by atoms with Gasteiger partial charge in [0, 0.05) is 14.1 Å². The summed E-state index contributed by atoms with van der Waals surface area (Å²) in [6.45, 7) is 1.68. The van der Waals surface area contributed by atoms with Gasteiger partial charge < -0.3 is 21.7 Å². The summed E-state index contributed by atoms with van der Waals surface area (Å²) in [6.07, 6.45) is 0. The van der Waals surface area contributed by atoms with Crippen LogP contribution in [0.4, 0.5) is 10.8 Å². The lowest BCUT2D eigenvalue weighted by Crippen LogP contribution is -2.35. The van der Waals surface area contributed by atoms with Crippen molar-refractivity contribution in [3.63, 3.8) is 0 Å². The number of nitrogen functional groups attached to an aromatic ring is 1. The Morgan fingerprint density at radius 1 is 1.35 bits per heavy atom. The number of hydrogen-bond donors (Lipinski definition) is 4. The highest BCUT2D eigenvalue weighted by atomic mass is 32.1. The van der Waals surface area contributed by atoms with Crippen LogP contribution in [0, 0.1) is 0 Å². The van der Waals surface area contributed by atoms with Gasteiger partial charge in [0.1, 0.15) is 16.6 Å². The molecule has 0 saturated heterocycles. The molecule has 0 aliphatic heterocycles. The van der Waals surface area contributed by atoms with Crippen molar-refractivity contribution < 1.29 is 9.59 Å². The molecule has 8 heteroatoms. The highest BCUT2D eigenvalue weighted by molar-refractivity contribution is 7.11. The Morgan fingerprint density at radius 3 is 2.53 bits per heavy atom. The van der Waals surface area contributed by atoms with Crippen LogP contribution in [-0.4, -0.2) is 36.3 Å². The van der Waals surface area contributed by atoms with E-state index in [-0.39, 0.29) is 23.2 Å². The Hall–Kier alpha value is -1.83. The van der Waals surface area contributed by atoms with Crippen molar-refractivity contribution in [2.75, 3.05) is 25.1 Å². The minimum Gasteiger partial charge on any atom is -0.382 e. The molecule has 0 fully saturated rings. The second-order valence-corrected chi connectivity index (χ2v) is 4.10. The smallest absolute Gasteiger partial charge is 0.257 e. The van der Waals surface area contributed by atoms with Gasteiger partial charge in [-0.3, -0.25) is 9.59 Å². The first-order valence-corrected chi connectivity index (χ1v) is 5.74. The standard InChI is InChI=1S/C9H15N5O2S/c1-4(7(15)11-2)13-9-5(8(16)12-3)6(10)14-17-9/h4,13H,1-3H3,(H2,10,14)(H,11,15)(H,12,16). The lowest BCUT2D eigenvalue weighted by molar-refractivity contribution is -0.121. The van der Waals surface area contributed by atoms with Gasteiger partial charge in [-0.2, -0.15) is 4.37 Å². The van der Waals surface area contributed by atoms with E-state index in [0.29, 0.717) is 5.00 Å². The molecule has 0 bridgehead atoms. The molecule has 1 unspecified atom stereocenters. The number of nitrogens with one attached hydrogen (secondary N) is 3. The van der Waals surface area contributed by atoms with Crippen molar-refractivity contribution in [3.8, 4) is 0 Å². The van der Waals surface area contributed by atoms with Crippen LogP contribution >= 0.6 is 11.5 Å². The van der Waals surface area contributed by atoms with Crippen molar-refractivity contribution in [1.29, 1.82) is 0 Å². The number of carbonyl (C=O) groups is 2. The van der Waals surface area contributed by atoms with Gasteiger partial charge in [-0.05, 0) is 18.5 Å². The fraction of sp³-hybridized carbons (Fsp3) is 0.444. The zero-order valence-corrected chi connectivity index (χ0v) is 10.6. The number of carbonyl (C=O) groups excluding carboxylic acids is 2. The highest BCUT2D eigenvalue weighted by Gasteiger charge is 2.21. The van der Waals surface area contributed by atoms with E-state index in [1.165, 1.54) is 7.05 Å². The van der Waals surface area contributed by atoms with Crippen LogP contribution in [-0.2, 0) is 4.79 Å². The zero-order valence-electron chi connectivity index (χ0n) is 9.83. The van der Waals surface area contributed by atoms with Crippen LogP contribution in [0.25, 0.3) is 0 Å². The minimum atomic E-state index is -0.469. The molecule has 1 aromatic heterocycles. The number of hydrogen-bond acceptors (Lipinski definition) is 6. The van der Waals surface area contributed by atoms with E-state index in [1.54, 1.807) is 14.0 Å². The van der Waals surface area contributed by atoms with Crippen LogP contribution in [0.2, 0.25) is 0 Å². The molecule has 1 rings (SSSR count). The lowest BCUT2D eigenvalue weighted by Gasteiger charge is -2.12. The van der Waals surface area contributed by atoms with E-state index in [1.807, 2.05) is 0 Å². The van der Waals surface area contributed by atoms with Crippen LogP contribution in [0.3, 0.4) is 0 Å². The monoisotopic (exact) mass is 257 g/mol. The largest absolute Gasteiger partial charge is 0.382 e. The van der Waals surface area contributed by atoms with Crippen LogP contribution < -0.4 is 21.7 Å². The molecule has 0 radical (unpaired) electrons. The van der Waals surface area contributed by atoms with Gasteiger partial charge in [-0.1, -0.05) is 0 Å². The quantitative estimate of drug-likeness (QED) is 0.588. The van der Waals surface area contributed by atoms with Gasteiger partial charge in [0.05, 0.1) is 0 Å². The van der Waals surface area contributed by atoms with Gasteiger partial charge in [0.2, 0.25) is 5.91 Å². The summed E-state index contributed by atoms with van der Waals surface area (Å²) in [7, 11) is 3.05. The number of amides is 2. The second kappa shape index (κ2) is 5.48. The molecule has 17 heavy (non-hydrogen) atoms. The summed E-state index contributed by atoms with van der Waals surface area (Å²) in [6, 6.07) is -0.469. The summed E-state index contributed by atoms with van der Waals surface area (Å²) in [4.78, 5) is 22.9. The molecule has 0 aliphatic carbocycles. The van der Waals surface area contributed by atoms with Gasteiger partial charge in [-0.15, -0.1) is 0 Å². The summed E-state index contributed by atoms with van der Waals surface area (Å²) in [5, 5.41) is 8.36. The van der Waals surface area contributed by atoms with E-state index >= 15 is 0 Å². The molecule has 1 atom stereocenters. The number of nitrogens with two attached hydrogens (primary N) is 1. The van der Waals surface area contributed by atoms with Crippen LogP contribution in [0.15, 0.2) is 0 Å². The molecule has 94 valence electrons. The maximum absolute atomic E-state index is 11.6. The molecule has 2 amide bonds. The van der Waals surface area contributed by atoms with Crippen molar-refractivity contribution in [1.82, 2.24) is 15.0 Å². The summed E-state index contributed by atoms with van der Waals surface area (Å²) in [5.41, 5.74) is 5.87. The highest BCUT2D eigenvalue weighted by Crippen LogP contribution is 2.27. The Kier molecular flexibility index (Phi) is 4.27. The minimum absolute atomic E-state index is 0.154. The maximum atomic E-state index is 11.6. The van der Waals surface area contributed by atoms with E-state index < -0.39 is 6.04 Å². The van der Waals surface area contributed by atoms with Gasteiger partial charge in [0.25, 0.3) is 5.91 Å². The fourth-order valence-corrected chi connectivity index (χ4v) is 2.02. The topological polar surface area (TPSA) is 109 Å². The molecule has 0 aromatic carbocycles. The third-order valence-corrected chi connectivity index (χ3v) is 2.95. The molecule has 0 aliphatic rings. The first-order chi connectivity index (χ1) is 8.01. The van der Waals surface area contributed by atoms with Gasteiger partial charge in [-0.25, -0.2) is 0 Å². The van der Waals surface area contributed by atoms with E-state index in [4.69, 9.17) is 5.73 Å². The molecule has 5 N–H and O–H groups in total. The summed E-state index contributed by atoms with van der Waals surface area (Å²) >= 11 is 1.05. The molecule has 0 spiro atoms. The predicted octanol–water partition coefficient (Wildman–Crippen LogP) is -0.369. The SMILES string of the molecule is CNC(=O)c1c(N)nsc1NC(C)C(=O)NC. The normalized spacial score (nSPS) is 11.7. The summed E-state index contributed by atoms with van der Waals surface area (Å²) in [5.74, 6) is -0.358. The average molecular weight is 257 g/mol. The average Bonchev–Trinajstić information content (AvgIpc) is 2.68. The molecule has 7 nitrogen and oxygen atoms in total. The third-order valence-electron chi connectivity index (χ3n) is 2.16. The van der Waals surface area contributed by atoms with Gasteiger partial charge in [0.15, 0.2) is 5.82 Å². The number of likely N-dealkylation sites (N-methyl/N-ethyl adjacent to an activating group) is 1. The van der Waals surface area contributed by atoms with Gasteiger partial charge >= 0.3 is 0 Å². The first kappa shape index (κ1) is 13.2. The van der Waals surface area contributed by atoms with Crippen LogP contribution in [0.1, 0.15) is 17.3 Å². The van der Waals surface area contributed by atoms with E-state index in [9.17, 15) is 9.59 Å². The molecule has 0 saturated carbocycles. The Balaban J connectivity index is 2.92. The number of rotatable bonds is 4. The molecular weight excluding hydrogens is 242 g/mol. The second-order valence-electron chi connectivity index (χ2n) is 3.33. The first-order valence-electron chi connectivity index (χ1n) is 4.96. The summed E-state index contributed by atoms with van der Waals surface area (Å²) < 4.78 is 3.89. The van der Waals surface area contributed by atoms with E-state index in [0.717, 1.165) is 11.5 Å². The maximum Gasteiger partial charge on any atom is 0.257 e. The number of anilines is 2. The van der Waals surface area contributed by atoms with Crippen LogP contribution in [0.5, 0.6) is 0 Å².